The molecule has 0 aromatic heterocycles. The number of benzene rings is 1. The average Bonchev–Trinajstić information content (AvgIpc) is 3.20. The van der Waals surface area contributed by atoms with Gasteiger partial charge in [-0.25, -0.2) is 4.39 Å². The van der Waals surface area contributed by atoms with Crippen LogP contribution in [-0.2, 0) is 9.59 Å². The Labute approximate surface area is 114 Å². The van der Waals surface area contributed by atoms with E-state index in [2.05, 4.69) is 5.32 Å². The number of halogens is 1. The highest BCUT2D eigenvalue weighted by Crippen LogP contribution is 2.40. The molecule has 2 rings (SSSR count). The summed E-state index contributed by atoms with van der Waals surface area (Å²) in [5, 5.41) is 11.1. The molecule has 0 saturated heterocycles. The zero-order valence-electron chi connectivity index (χ0n) is 11.0. The van der Waals surface area contributed by atoms with Gasteiger partial charge in [-0.2, -0.15) is 0 Å². The molecule has 1 amide bonds. The first kappa shape index (κ1) is 14.1. The second kappa shape index (κ2) is 5.36. The van der Waals surface area contributed by atoms with Crippen molar-refractivity contribution in [2.24, 2.45) is 11.8 Å². The van der Waals surface area contributed by atoms with E-state index in [1.165, 1.54) is 20.3 Å². The van der Waals surface area contributed by atoms with Gasteiger partial charge in [-0.15, -0.1) is 0 Å². The highest BCUT2D eigenvalue weighted by molar-refractivity contribution is 5.98. The maximum Gasteiger partial charge on any atom is 0.307 e. The number of rotatable bonds is 5. The Hall–Kier alpha value is -2.31. The van der Waals surface area contributed by atoms with Crippen LogP contribution in [0.3, 0.4) is 0 Å². The van der Waals surface area contributed by atoms with Crippen molar-refractivity contribution in [3.8, 4) is 11.5 Å². The highest BCUT2D eigenvalue weighted by Gasteiger charge is 2.48. The van der Waals surface area contributed by atoms with Crippen LogP contribution in [-0.4, -0.2) is 31.2 Å². The molecular formula is C13H14FNO5. The molecule has 1 aromatic rings. The molecule has 2 unspecified atom stereocenters. The first-order chi connectivity index (χ1) is 9.47. The van der Waals surface area contributed by atoms with E-state index < -0.39 is 29.5 Å². The summed E-state index contributed by atoms with van der Waals surface area (Å²) in [6.07, 6.45) is 0.274. The fourth-order valence-electron chi connectivity index (χ4n) is 1.93. The van der Waals surface area contributed by atoms with Crippen LogP contribution in [0.2, 0.25) is 0 Å². The van der Waals surface area contributed by atoms with Crippen LogP contribution in [0.5, 0.6) is 11.5 Å². The quantitative estimate of drug-likeness (QED) is 0.855. The third-order valence-corrected chi connectivity index (χ3v) is 3.18. The third-order valence-electron chi connectivity index (χ3n) is 3.18. The molecule has 1 saturated carbocycles. The second-order valence-corrected chi connectivity index (χ2v) is 4.46. The van der Waals surface area contributed by atoms with Crippen LogP contribution in [0.15, 0.2) is 12.1 Å². The van der Waals surface area contributed by atoms with Gasteiger partial charge in [0.25, 0.3) is 0 Å². The number of nitrogens with one attached hydrogen (secondary N) is 1. The van der Waals surface area contributed by atoms with Gasteiger partial charge < -0.3 is 19.9 Å². The zero-order valence-corrected chi connectivity index (χ0v) is 11.0. The van der Waals surface area contributed by atoms with E-state index in [0.717, 1.165) is 6.07 Å². The van der Waals surface area contributed by atoms with Crippen molar-refractivity contribution in [1.82, 2.24) is 0 Å². The van der Waals surface area contributed by atoms with Crippen molar-refractivity contribution in [1.29, 1.82) is 0 Å². The van der Waals surface area contributed by atoms with E-state index in [9.17, 15) is 14.0 Å². The van der Waals surface area contributed by atoms with E-state index in [1.54, 1.807) is 0 Å². The first-order valence-corrected chi connectivity index (χ1v) is 5.93. The average molecular weight is 283 g/mol. The fourth-order valence-corrected chi connectivity index (χ4v) is 1.93. The van der Waals surface area contributed by atoms with Gasteiger partial charge in [0.2, 0.25) is 5.91 Å². The van der Waals surface area contributed by atoms with E-state index >= 15 is 0 Å². The SMILES string of the molecule is COc1cc(F)c(NC(=O)C2CC2C(=O)O)cc1OC. The lowest BCUT2D eigenvalue weighted by Crippen LogP contribution is -2.17. The van der Waals surface area contributed by atoms with Crippen molar-refractivity contribution in [3.63, 3.8) is 0 Å². The van der Waals surface area contributed by atoms with Crippen LogP contribution >= 0.6 is 0 Å². The van der Waals surface area contributed by atoms with Gasteiger partial charge in [0, 0.05) is 12.1 Å². The lowest BCUT2D eigenvalue weighted by atomic mass is 10.2. The number of carbonyl (C=O) groups is 2. The molecule has 1 aliphatic carbocycles. The van der Waals surface area contributed by atoms with Gasteiger partial charge >= 0.3 is 5.97 Å². The molecule has 1 aromatic carbocycles. The Bertz CT molecular complexity index is 560. The fraction of sp³-hybridized carbons (Fsp3) is 0.385. The zero-order chi connectivity index (χ0) is 14.9. The van der Waals surface area contributed by atoms with Gasteiger partial charge in [-0.1, -0.05) is 0 Å². The predicted octanol–water partition coefficient (Wildman–Crippen LogP) is 1.50. The van der Waals surface area contributed by atoms with Gasteiger partial charge in [0.15, 0.2) is 17.3 Å². The Morgan fingerprint density at radius 2 is 1.85 bits per heavy atom. The van der Waals surface area contributed by atoms with Crippen LogP contribution < -0.4 is 14.8 Å². The number of aliphatic carboxylic acids is 1. The second-order valence-electron chi connectivity index (χ2n) is 4.46. The third kappa shape index (κ3) is 2.66. The smallest absolute Gasteiger partial charge is 0.307 e. The molecule has 0 spiro atoms. The largest absolute Gasteiger partial charge is 0.493 e. The summed E-state index contributed by atoms with van der Waals surface area (Å²) in [5.74, 6) is -3.02. The van der Waals surface area contributed by atoms with Gasteiger partial charge in [0.05, 0.1) is 31.7 Å². The summed E-state index contributed by atoms with van der Waals surface area (Å²) in [4.78, 5) is 22.5. The normalized spacial score (nSPS) is 20.1. The summed E-state index contributed by atoms with van der Waals surface area (Å²) in [6, 6.07) is 2.39. The molecule has 7 heteroatoms. The molecule has 1 aliphatic rings. The van der Waals surface area contributed by atoms with Crippen LogP contribution in [0.1, 0.15) is 6.42 Å². The van der Waals surface area contributed by atoms with E-state index in [1.807, 2.05) is 0 Å². The maximum atomic E-state index is 13.8. The number of amides is 1. The summed E-state index contributed by atoms with van der Waals surface area (Å²) >= 11 is 0. The summed E-state index contributed by atoms with van der Waals surface area (Å²) in [7, 11) is 2.76. The molecule has 0 aliphatic heterocycles. The minimum Gasteiger partial charge on any atom is -0.493 e. The minimum atomic E-state index is -1.02. The van der Waals surface area contributed by atoms with Crippen LogP contribution in [0, 0.1) is 17.7 Å². The Kier molecular flexibility index (Phi) is 3.78. The number of carbonyl (C=O) groups excluding carboxylic acids is 1. The molecule has 1 fully saturated rings. The van der Waals surface area contributed by atoms with Crippen molar-refractivity contribution in [3.05, 3.63) is 17.9 Å². The summed E-state index contributed by atoms with van der Waals surface area (Å²) < 4.78 is 23.7. The number of methoxy groups -OCH3 is 2. The number of carboxylic acids is 1. The van der Waals surface area contributed by atoms with Crippen molar-refractivity contribution >= 4 is 17.6 Å². The molecule has 2 atom stereocenters. The van der Waals surface area contributed by atoms with Crippen LogP contribution in [0.4, 0.5) is 10.1 Å². The standard InChI is InChI=1S/C13H14FNO5/c1-19-10-4-8(14)9(5-11(10)20-2)15-12(16)6-3-7(6)13(17)18/h4-7H,3H2,1-2H3,(H,15,16)(H,17,18). The van der Waals surface area contributed by atoms with Crippen molar-refractivity contribution in [2.45, 2.75) is 6.42 Å². The molecule has 20 heavy (non-hydrogen) atoms. The lowest BCUT2D eigenvalue weighted by Gasteiger charge is -2.11. The minimum absolute atomic E-state index is 0.0660. The van der Waals surface area contributed by atoms with Gasteiger partial charge in [0.1, 0.15) is 0 Å². The lowest BCUT2D eigenvalue weighted by molar-refractivity contribution is -0.139. The topological polar surface area (TPSA) is 84.9 Å². The Morgan fingerprint density at radius 1 is 1.25 bits per heavy atom. The van der Waals surface area contributed by atoms with Crippen molar-refractivity contribution in [2.75, 3.05) is 19.5 Å². The van der Waals surface area contributed by atoms with E-state index in [-0.39, 0.29) is 23.6 Å². The molecular weight excluding hydrogens is 269 g/mol. The highest BCUT2D eigenvalue weighted by atomic mass is 19.1. The molecule has 2 N–H and O–H groups in total. The van der Waals surface area contributed by atoms with E-state index in [4.69, 9.17) is 14.6 Å². The molecule has 6 nitrogen and oxygen atoms in total. The Balaban J connectivity index is 2.14. The number of hydrogen-bond acceptors (Lipinski definition) is 4. The monoisotopic (exact) mass is 283 g/mol. The molecule has 0 radical (unpaired) electrons. The number of hydrogen-bond donors (Lipinski definition) is 2. The summed E-state index contributed by atoms with van der Waals surface area (Å²) in [6.45, 7) is 0. The maximum absolute atomic E-state index is 13.8. The number of anilines is 1. The number of ether oxygens (including phenoxy) is 2. The summed E-state index contributed by atoms with van der Waals surface area (Å²) in [5.41, 5.74) is -0.0660. The van der Waals surface area contributed by atoms with E-state index in [0.29, 0.717) is 0 Å². The predicted molar refractivity (Wildman–Crippen MR) is 67.4 cm³/mol. The molecule has 108 valence electrons. The van der Waals surface area contributed by atoms with Crippen molar-refractivity contribution < 1.29 is 28.6 Å². The van der Waals surface area contributed by atoms with Gasteiger partial charge in [-0.05, 0) is 6.42 Å². The number of carboxylic acid groups (broad SMARTS) is 1. The first-order valence-electron chi connectivity index (χ1n) is 5.93. The van der Waals surface area contributed by atoms with Crippen LogP contribution in [0.25, 0.3) is 0 Å². The van der Waals surface area contributed by atoms with Gasteiger partial charge in [-0.3, -0.25) is 9.59 Å². The molecule has 0 heterocycles. The molecule has 0 bridgehead atoms. The Morgan fingerprint density at radius 3 is 2.35 bits per heavy atom.